The first-order valence-corrected chi connectivity index (χ1v) is 6.56. The average Bonchev–Trinajstić information content (AvgIpc) is 2.36. The number of fused-ring (bicyclic) bond motifs is 1. The lowest BCUT2D eigenvalue weighted by molar-refractivity contribution is -0.183. The molecule has 112 valence electrons. The Morgan fingerprint density at radius 2 is 1.76 bits per heavy atom. The Morgan fingerprint density at radius 1 is 1.14 bits per heavy atom. The molecule has 0 aliphatic rings. The molecule has 2 rings (SSSR count). The maximum absolute atomic E-state index is 12.8. The Kier molecular flexibility index (Phi) is 4.14. The number of halogens is 4. The number of hydrogen-bond acceptors (Lipinski definition) is 1. The van der Waals surface area contributed by atoms with E-state index < -0.39 is 24.0 Å². The normalized spacial score (nSPS) is 14.9. The van der Waals surface area contributed by atoms with Gasteiger partial charge >= 0.3 is 12.1 Å². The zero-order valence-electron chi connectivity index (χ0n) is 11.0. The van der Waals surface area contributed by atoms with E-state index in [2.05, 4.69) is 0 Å². The highest BCUT2D eigenvalue weighted by molar-refractivity contribution is 6.31. The summed E-state index contributed by atoms with van der Waals surface area (Å²) in [5, 5.41) is 11.0. The molecule has 0 saturated heterocycles. The summed E-state index contributed by atoms with van der Waals surface area (Å²) >= 11 is 5.85. The van der Waals surface area contributed by atoms with Gasteiger partial charge in [0.15, 0.2) is 0 Å². The number of carboxylic acid groups (broad SMARTS) is 1. The van der Waals surface area contributed by atoms with Gasteiger partial charge in [-0.2, -0.15) is 13.2 Å². The van der Waals surface area contributed by atoms with Crippen molar-refractivity contribution >= 4 is 28.3 Å². The number of hydrogen-bond donors (Lipinski definition) is 1. The molecule has 0 heterocycles. The van der Waals surface area contributed by atoms with E-state index in [0.29, 0.717) is 10.4 Å². The van der Waals surface area contributed by atoms with Crippen molar-refractivity contribution in [2.45, 2.75) is 19.0 Å². The Bertz CT molecular complexity index is 682. The summed E-state index contributed by atoms with van der Waals surface area (Å²) in [5.74, 6) is -5.12. The van der Waals surface area contributed by atoms with E-state index in [-0.39, 0.29) is 5.56 Å². The molecule has 2 atom stereocenters. The summed E-state index contributed by atoms with van der Waals surface area (Å²) in [6, 6.07) is 9.44. The molecular weight excluding hydrogens is 305 g/mol. The lowest BCUT2D eigenvalue weighted by atomic mass is 9.86. The molecule has 0 amide bonds. The largest absolute Gasteiger partial charge is 0.481 e. The monoisotopic (exact) mass is 316 g/mol. The highest BCUT2D eigenvalue weighted by atomic mass is 35.5. The summed E-state index contributed by atoms with van der Waals surface area (Å²) < 4.78 is 38.5. The molecule has 6 heteroatoms. The van der Waals surface area contributed by atoms with Crippen molar-refractivity contribution in [3.05, 3.63) is 47.0 Å². The van der Waals surface area contributed by atoms with Crippen molar-refractivity contribution in [1.29, 1.82) is 0 Å². The minimum atomic E-state index is -4.58. The van der Waals surface area contributed by atoms with Crippen LogP contribution in [0.25, 0.3) is 10.8 Å². The van der Waals surface area contributed by atoms with E-state index in [0.717, 1.165) is 12.3 Å². The quantitative estimate of drug-likeness (QED) is 0.878. The van der Waals surface area contributed by atoms with E-state index in [1.165, 1.54) is 12.1 Å². The van der Waals surface area contributed by atoms with Gasteiger partial charge in [-0.3, -0.25) is 4.79 Å². The van der Waals surface area contributed by atoms with Crippen LogP contribution in [-0.2, 0) is 4.79 Å². The van der Waals surface area contributed by atoms with Crippen LogP contribution in [0.5, 0.6) is 0 Å². The van der Waals surface area contributed by atoms with Gasteiger partial charge in [-0.15, -0.1) is 0 Å². The van der Waals surface area contributed by atoms with Gasteiger partial charge in [0.25, 0.3) is 0 Å². The van der Waals surface area contributed by atoms with Gasteiger partial charge in [0.1, 0.15) is 0 Å². The molecule has 0 aromatic heterocycles. The van der Waals surface area contributed by atoms with E-state index in [1.54, 1.807) is 24.3 Å². The van der Waals surface area contributed by atoms with Crippen LogP contribution in [0, 0.1) is 5.92 Å². The van der Waals surface area contributed by atoms with Crippen LogP contribution in [0.4, 0.5) is 13.2 Å². The van der Waals surface area contributed by atoms with Crippen LogP contribution in [0.3, 0.4) is 0 Å². The number of benzene rings is 2. The Balaban J connectivity index is 2.53. The van der Waals surface area contributed by atoms with Crippen molar-refractivity contribution in [3.8, 4) is 0 Å². The zero-order valence-corrected chi connectivity index (χ0v) is 11.7. The maximum atomic E-state index is 12.8. The van der Waals surface area contributed by atoms with Gasteiger partial charge in [0.2, 0.25) is 0 Å². The summed E-state index contributed by atoms with van der Waals surface area (Å²) in [6.07, 6.45) is -4.58. The van der Waals surface area contributed by atoms with Crippen molar-refractivity contribution in [1.82, 2.24) is 0 Å². The number of carboxylic acids is 1. The Labute approximate surface area is 124 Å². The Hall–Kier alpha value is -1.75. The zero-order chi connectivity index (χ0) is 15.8. The second-order valence-electron chi connectivity index (χ2n) is 4.90. The highest BCUT2D eigenvalue weighted by Gasteiger charge is 2.45. The minimum absolute atomic E-state index is 0.113. The maximum Gasteiger partial charge on any atom is 0.392 e. The molecule has 0 radical (unpaired) electrons. The smallest absolute Gasteiger partial charge is 0.392 e. The van der Waals surface area contributed by atoms with Gasteiger partial charge < -0.3 is 5.11 Å². The van der Waals surface area contributed by atoms with Crippen molar-refractivity contribution in [2.75, 3.05) is 0 Å². The van der Waals surface area contributed by atoms with Crippen LogP contribution in [-0.4, -0.2) is 17.3 Å². The molecule has 0 aliphatic carbocycles. The molecule has 0 saturated carbocycles. The third-order valence-electron chi connectivity index (χ3n) is 3.47. The molecular formula is C15H12ClF3O2. The standard InChI is InChI=1S/C15H12ClF3O2/c1-8(15(17,18)19)13(14(20)21)10-3-2-9-4-5-12(16)7-11(9)6-10/h2-8,13H,1H3,(H,20,21)/t8-,13?/m1/s1. The topological polar surface area (TPSA) is 37.3 Å². The number of aliphatic carboxylic acids is 1. The predicted octanol–water partition coefficient (Wildman–Crippen LogP) is 4.86. The summed E-state index contributed by atoms with van der Waals surface area (Å²) in [5.41, 5.74) is 0.113. The van der Waals surface area contributed by atoms with Crippen LogP contribution in [0.1, 0.15) is 18.4 Å². The summed E-state index contributed by atoms with van der Waals surface area (Å²) in [7, 11) is 0. The summed E-state index contributed by atoms with van der Waals surface area (Å²) in [6.45, 7) is 0.876. The van der Waals surface area contributed by atoms with Crippen molar-refractivity contribution < 1.29 is 23.1 Å². The molecule has 1 unspecified atom stereocenters. The van der Waals surface area contributed by atoms with Gasteiger partial charge in [-0.1, -0.05) is 42.8 Å². The van der Waals surface area contributed by atoms with Gasteiger partial charge in [-0.25, -0.2) is 0 Å². The highest BCUT2D eigenvalue weighted by Crippen LogP contribution is 2.38. The molecule has 1 N–H and O–H groups in total. The van der Waals surface area contributed by atoms with Crippen LogP contribution >= 0.6 is 11.6 Å². The molecule has 2 aromatic carbocycles. The molecule has 2 aromatic rings. The average molecular weight is 317 g/mol. The second-order valence-corrected chi connectivity index (χ2v) is 5.33. The third-order valence-corrected chi connectivity index (χ3v) is 3.70. The number of carbonyl (C=O) groups is 1. The van der Waals surface area contributed by atoms with Gasteiger partial charge in [0, 0.05) is 5.02 Å². The number of alkyl halides is 3. The molecule has 0 aliphatic heterocycles. The SMILES string of the molecule is C[C@H](C(C(=O)O)c1ccc2ccc(Cl)cc2c1)C(F)(F)F. The van der Waals surface area contributed by atoms with Gasteiger partial charge in [0.05, 0.1) is 11.8 Å². The number of rotatable bonds is 3. The van der Waals surface area contributed by atoms with E-state index in [1.807, 2.05) is 0 Å². The second kappa shape index (κ2) is 5.56. The Morgan fingerprint density at radius 3 is 2.33 bits per heavy atom. The lowest BCUT2D eigenvalue weighted by Gasteiger charge is -2.23. The van der Waals surface area contributed by atoms with Crippen LogP contribution < -0.4 is 0 Å². The van der Waals surface area contributed by atoms with Crippen molar-refractivity contribution in [3.63, 3.8) is 0 Å². The van der Waals surface area contributed by atoms with Crippen LogP contribution in [0.2, 0.25) is 5.02 Å². The first-order chi connectivity index (χ1) is 9.70. The first-order valence-electron chi connectivity index (χ1n) is 6.19. The molecule has 0 spiro atoms. The lowest BCUT2D eigenvalue weighted by Crippen LogP contribution is -2.31. The fourth-order valence-corrected chi connectivity index (χ4v) is 2.44. The fourth-order valence-electron chi connectivity index (χ4n) is 2.26. The van der Waals surface area contributed by atoms with Gasteiger partial charge in [-0.05, 0) is 28.5 Å². The molecule has 0 fully saturated rings. The molecule has 0 bridgehead atoms. The van der Waals surface area contributed by atoms with E-state index in [9.17, 15) is 18.0 Å². The van der Waals surface area contributed by atoms with E-state index in [4.69, 9.17) is 16.7 Å². The van der Waals surface area contributed by atoms with Crippen molar-refractivity contribution in [2.24, 2.45) is 5.92 Å². The summed E-state index contributed by atoms with van der Waals surface area (Å²) in [4.78, 5) is 11.3. The van der Waals surface area contributed by atoms with E-state index >= 15 is 0 Å². The third kappa shape index (κ3) is 3.29. The molecule has 2 nitrogen and oxygen atoms in total. The minimum Gasteiger partial charge on any atom is -0.481 e. The fraction of sp³-hybridized carbons (Fsp3) is 0.267. The van der Waals surface area contributed by atoms with Crippen LogP contribution in [0.15, 0.2) is 36.4 Å². The first kappa shape index (κ1) is 15.6. The molecule has 21 heavy (non-hydrogen) atoms. The predicted molar refractivity (Wildman–Crippen MR) is 74.6 cm³/mol.